The Morgan fingerprint density at radius 2 is 1.50 bits per heavy atom. The van der Waals surface area contributed by atoms with E-state index >= 15 is 0 Å². The van der Waals surface area contributed by atoms with Gasteiger partial charge < -0.3 is 0 Å². The fraction of sp³-hybridized carbons (Fsp3) is 0.600. The smallest absolute Gasteiger partial charge is 0.254 e. The van der Waals surface area contributed by atoms with Gasteiger partial charge in [0, 0.05) is 12.2 Å². The summed E-state index contributed by atoms with van der Waals surface area (Å²) in [6.07, 6.45) is 13.2. The van der Waals surface area contributed by atoms with Crippen molar-refractivity contribution >= 4 is 11.8 Å². The molecule has 1 aromatic rings. The van der Waals surface area contributed by atoms with Crippen molar-refractivity contribution in [1.29, 1.82) is 0 Å². The minimum atomic E-state index is -0.141. The summed E-state index contributed by atoms with van der Waals surface area (Å²) in [4.78, 5) is 26.7. The predicted molar refractivity (Wildman–Crippen MR) is 114 cm³/mol. The van der Waals surface area contributed by atoms with Gasteiger partial charge in [-0.25, -0.2) is 0 Å². The largest absolute Gasteiger partial charge is 0.269 e. The van der Waals surface area contributed by atoms with Crippen LogP contribution in [0.2, 0.25) is 0 Å². The molecule has 0 saturated heterocycles. The Morgan fingerprint density at radius 3 is 2.14 bits per heavy atom. The molecule has 0 bridgehead atoms. The van der Waals surface area contributed by atoms with Gasteiger partial charge in [-0.3, -0.25) is 14.5 Å². The number of fused-ring (bicyclic) bond motifs is 1. The van der Waals surface area contributed by atoms with Gasteiger partial charge in [-0.05, 0) is 54.2 Å². The van der Waals surface area contributed by atoms with Gasteiger partial charge in [0.05, 0.1) is 6.04 Å². The number of amides is 2. The first kappa shape index (κ1) is 20.8. The van der Waals surface area contributed by atoms with Crippen molar-refractivity contribution in [3.05, 3.63) is 47.0 Å². The van der Waals surface area contributed by atoms with Crippen molar-refractivity contribution in [3.63, 3.8) is 0 Å². The van der Waals surface area contributed by atoms with Crippen molar-refractivity contribution in [2.75, 3.05) is 0 Å². The number of carbonyl (C=O) groups excluding carboxylic acids is 2. The average molecular weight is 382 g/mol. The normalized spacial score (nSPS) is 23.7. The number of unbranched alkanes of at least 4 members (excludes halogenated alkanes) is 3. The maximum Gasteiger partial charge on any atom is 0.254 e. The molecule has 2 amide bonds. The molecule has 3 rings (SSSR count). The fourth-order valence-corrected chi connectivity index (χ4v) is 5.19. The molecule has 0 fully saturated rings. The lowest BCUT2D eigenvalue weighted by Crippen LogP contribution is -2.37. The van der Waals surface area contributed by atoms with Crippen molar-refractivity contribution in [2.45, 2.75) is 90.5 Å². The number of hydrogen-bond donors (Lipinski definition) is 0. The molecule has 0 radical (unpaired) electrons. The molecule has 1 aromatic carbocycles. The standard InChI is InChI=1S/C25H35NO2/c1-4-7-11-18-12-10-15-21-24(18)19(13-8-5-2)20(14-9-6-3)25(21)26-22(27)16-17-23(26)28/h10,12,15-17,19-20,25H,4-9,11,13-14H2,1-3H3/t19-,20-,25-/m0/s1. The van der Waals surface area contributed by atoms with Crippen LogP contribution in [0.1, 0.15) is 101 Å². The molecule has 2 aliphatic rings. The number of aryl methyl sites for hydroxylation is 1. The first-order valence-electron chi connectivity index (χ1n) is 11.3. The molecule has 0 saturated carbocycles. The summed E-state index contributed by atoms with van der Waals surface area (Å²) in [6, 6.07) is 6.49. The van der Waals surface area contributed by atoms with E-state index in [1.807, 2.05) is 0 Å². The molecule has 0 spiro atoms. The topological polar surface area (TPSA) is 37.4 Å². The third-order valence-corrected chi connectivity index (χ3v) is 6.52. The van der Waals surface area contributed by atoms with E-state index in [4.69, 9.17) is 0 Å². The lowest BCUT2D eigenvalue weighted by atomic mass is 9.81. The van der Waals surface area contributed by atoms with Crippen LogP contribution in [-0.2, 0) is 16.0 Å². The van der Waals surface area contributed by atoms with Crippen LogP contribution in [0.15, 0.2) is 30.4 Å². The molecular weight excluding hydrogens is 346 g/mol. The second-order valence-corrected chi connectivity index (χ2v) is 8.40. The molecular formula is C25H35NO2. The van der Waals surface area contributed by atoms with Gasteiger partial charge in [-0.2, -0.15) is 0 Å². The van der Waals surface area contributed by atoms with Gasteiger partial charge in [0.25, 0.3) is 11.8 Å². The fourth-order valence-electron chi connectivity index (χ4n) is 5.19. The Balaban J connectivity index is 2.07. The summed E-state index contributed by atoms with van der Waals surface area (Å²) in [7, 11) is 0. The number of rotatable bonds is 10. The summed E-state index contributed by atoms with van der Waals surface area (Å²) in [5.74, 6) is 0.521. The SMILES string of the molecule is CCCCc1cccc2c1[C@@H](CCCC)[C@H](CCCC)[C@@H]2N1C(=O)C=CC1=O. The van der Waals surface area contributed by atoms with Gasteiger partial charge in [-0.15, -0.1) is 0 Å². The van der Waals surface area contributed by atoms with Crippen LogP contribution in [0, 0.1) is 5.92 Å². The zero-order valence-electron chi connectivity index (χ0n) is 17.7. The molecule has 3 nitrogen and oxygen atoms in total. The van der Waals surface area contributed by atoms with Crippen LogP contribution in [0.25, 0.3) is 0 Å². The second-order valence-electron chi connectivity index (χ2n) is 8.40. The number of imide groups is 1. The minimum Gasteiger partial charge on any atom is -0.269 e. The third kappa shape index (κ3) is 3.94. The average Bonchev–Trinajstić information content (AvgIpc) is 3.19. The van der Waals surface area contributed by atoms with E-state index in [9.17, 15) is 9.59 Å². The number of hydrogen-bond acceptors (Lipinski definition) is 2. The van der Waals surface area contributed by atoms with E-state index in [0.29, 0.717) is 11.8 Å². The molecule has 3 heteroatoms. The van der Waals surface area contributed by atoms with Crippen molar-refractivity contribution in [3.8, 4) is 0 Å². The van der Waals surface area contributed by atoms with E-state index < -0.39 is 0 Å². The Kier molecular flexibility index (Phi) is 7.09. The van der Waals surface area contributed by atoms with Crippen molar-refractivity contribution < 1.29 is 9.59 Å². The van der Waals surface area contributed by atoms with E-state index in [0.717, 1.165) is 32.1 Å². The summed E-state index contributed by atoms with van der Waals surface area (Å²) >= 11 is 0. The maximum atomic E-state index is 12.6. The highest BCUT2D eigenvalue weighted by Gasteiger charge is 2.47. The second kappa shape index (κ2) is 9.54. The first-order chi connectivity index (χ1) is 13.6. The molecule has 1 aliphatic carbocycles. The molecule has 28 heavy (non-hydrogen) atoms. The molecule has 0 aromatic heterocycles. The Hall–Kier alpha value is -1.90. The van der Waals surface area contributed by atoms with E-state index in [1.54, 1.807) is 4.90 Å². The zero-order chi connectivity index (χ0) is 20.1. The van der Waals surface area contributed by atoms with Gasteiger partial charge in [0.15, 0.2) is 0 Å². The van der Waals surface area contributed by atoms with Gasteiger partial charge in [-0.1, -0.05) is 71.1 Å². The highest BCUT2D eigenvalue weighted by atomic mass is 16.2. The lowest BCUT2D eigenvalue weighted by molar-refractivity contribution is -0.141. The van der Waals surface area contributed by atoms with Crippen LogP contribution in [-0.4, -0.2) is 16.7 Å². The zero-order valence-corrected chi connectivity index (χ0v) is 17.7. The predicted octanol–water partition coefficient (Wildman–Crippen LogP) is 6.09. The molecule has 0 N–H and O–H groups in total. The van der Waals surface area contributed by atoms with Crippen LogP contribution in [0.5, 0.6) is 0 Å². The quantitative estimate of drug-likeness (QED) is 0.460. The van der Waals surface area contributed by atoms with Gasteiger partial charge >= 0.3 is 0 Å². The van der Waals surface area contributed by atoms with E-state index in [1.165, 1.54) is 54.5 Å². The van der Waals surface area contributed by atoms with Crippen LogP contribution in [0.4, 0.5) is 0 Å². The summed E-state index contributed by atoms with van der Waals surface area (Å²) < 4.78 is 0. The van der Waals surface area contributed by atoms with Crippen molar-refractivity contribution in [2.24, 2.45) is 5.92 Å². The third-order valence-electron chi connectivity index (χ3n) is 6.52. The summed E-state index contributed by atoms with van der Waals surface area (Å²) in [6.45, 7) is 6.70. The van der Waals surface area contributed by atoms with Gasteiger partial charge in [0.1, 0.15) is 0 Å². The molecule has 1 aliphatic heterocycles. The molecule has 152 valence electrons. The first-order valence-corrected chi connectivity index (χ1v) is 11.3. The number of carbonyl (C=O) groups is 2. The summed E-state index contributed by atoms with van der Waals surface area (Å²) in [5.41, 5.74) is 4.14. The summed E-state index contributed by atoms with van der Waals surface area (Å²) in [5, 5.41) is 0. The Bertz CT molecular complexity index is 718. The van der Waals surface area contributed by atoms with E-state index in [2.05, 4.69) is 39.0 Å². The van der Waals surface area contributed by atoms with Crippen LogP contribution < -0.4 is 0 Å². The lowest BCUT2D eigenvalue weighted by Gasteiger charge is -2.31. The highest BCUT2D eigenvalue weighted by Crippen LogP contribution is 2.54. The van der Waals surface area contributed by atoms with E-state index in [-0.39, 0.29) is 17.9 Å². The van der Waals surface area contributed by atoms with Crippen LogP contribution in [0.3, 0.4) is 0 Å². The van der Waals surface area contributed by atoms with Gasteiger partial charge in [0.2, 0.25) is 0 Å². The Morgan fingerprint density at radius 1 is 0.857 bits per heavy atom. The minimum absolute atomic E-state index is 0.0972. The molecule has 0 unspecified atom stereocenters. The monoisotopic (exact) mass is 381 g/mol. The molecule has 1 heterocycles. The van der Waals surface area contributed by atoms with Crippen molar-refractivity contribution in [1.82, 2.24) is 4.90 Å². The van der Waals surface area contributed by atoms with Crippen LogP contribution >= 0.6 is 0 Å². The Labute approximate surface area is 170 Å². The number of nitrogens with zero attached hydrogens (tertiary/aromatic N) is 1. The number of benzene rings is 1. The molecule has 3 atom stereocenters. The maximum absolute atomic E-state index is 12.6. The highest BCUT2D eigenvalue weighted by molar-refractivity contribution is 6.13.